The van der Waals surface area contributed by atoms with Gasteiger partial charge in [0.15, 0.2) is 10.3 Å². The van der Waals surface area contributed by atoms with Gasteiger partial charge in [-0.1, -0.05) is 41.9 Å². The second kappa shape index (κ2) is 8.04. The first-order valence-electron chi connectivity index (χ1n) is 7.50. The Morgan fingerprint density at radius 1 is 1.17 bits per heavy atom. The number of thioether (sulfide) groups is 1. The fraction of sp³-hybridized carbons (Fsp3) is 0.111. The van der Waals surface area contributed by atoms with Crippen molar-refractivity contribution in [3.63, 3.8) is 0 Å². The molecule has 1 aliphatic heterocycles. The van der Waals surface area contributed by atoms with E-state index in [4.69, 9.17) is 11.6 Å². The smallest absolute Gasteiger partial charge is 0.197 e. The normalized spacial score (nSPS) is 15.7. The van der Waals surface area contributed by atoms with Gasteiger partial charge in [0.2, 0.25) is 0 Å². The van der Waals surface area contributed by atoms with E-state index in [1.54, 1.807) is 6.20 Å². The molecule has 0 aliphatic carbocycles. The van der Waals surface area contributed by atoms with Crippen LogP contribution in [-0.2, 0) is 6.54 Å². The molecular formula is C18H17ClN4S. The molecule has 0 saturated heterocycles. The summed E-state index contributed by atoms with van der Waals surface area (Å²) in [7, 11) is 0. The van der Waals surface area contributed by atoms with E-state index >= 15 is 0 Å². The number of allylic oxidation sites excluding steroid dienone is 1. The number of anilines is 1. The molecule has 0 aromatic heterocycles. The summed E-state index contributed by atoms with van der Waals surface area (Å²) >= 11 is 7.37. The molecule has 6 heteroatoms. The van der Waals surface area contributed by atoms with Crippen LogP contribution in [0.25, 0.3) is 0 Å². The van der Waals surface area contributed by atoms with E-state index in [-0.39, 0.29) is 0 Å². The number of hydrogen-bond donors (Lipinski definition) is 2. The maximum absolute atomic E-state index is 5.86. The fourth-order valence-electron chi connectivity index (χ4n) is 1.98. The maximum atomic E-state index is 5.86. The number of rotatable bonds is 5. The zero-order chi connectivity index (χ0) is 16.8. The van der Waals surface area contributed by atoms with Gasteiger partial charge in [-0.2, -0.15) is 4.99 Å². The van der Waals surface area contributed by atoms with Crippen LogP contribution < -0.4 is 10.6 Å². The highest BCUT2D eigenvalue weighted by Crippen LogP contribution is 2.23. The average molecular weight is 357 g/mol. The van der Waals surface area contributed by atoms with Crippen molar-refractivity contribution in [2.24, 2.45) is 9.98 Å². The Morgan fingerprint density at radius 2 is 1.88 bits per heavy atom. The minimum Gasteiger partial charge on any atom is -0.383 e. The van der Waals surface area contributed by atoms with Gasteiger partial charge in [0.1, 0.15) is 0 Å². The van der Waals surface area contributed by atoms with Gasteiger partial charge >= 0.3 is 0 Å². The van der Waals surface area contributed by atoms with Crippen LogP contribution in [0.1, 0.15) is 12.5 Å². The SMILES string of the molecule is C/C(=C\N=C1N=C(Nc2ccc(Cl)cc2)S1)NCc1ccccc1. The molecule has 2 N–H and O–H groups in total. The number of nitrogens with one attached hydrogen (secondary N) is 2. The molecule has 2 aromatic rings. The molecule has 0 saturated carbocycles. The van der Waals surface area contributed by atoms with Crippen molar-refractivity contribution in [2.45, 2.75) is 13.5 Å². The zero-order valence-electron chi connectivity index (χ0n) is 13.2. The summed E-state index contributed by atoms with van der Waals surface area (Å²) in [4.78, 5) is 8.70. The van der Waals surface area contributed by atoms with Gasteiger partial charge in [0.05, 0.1) is 0 Å². The van der Waals surface area contributed by atoms with Crippen molar-refractivity contribution < 1.29 is 0 Å². The first kappa shape index (κ1) is 16.6. The summed E-state index contributed by atoms with van der Waals surface area (Å²) in [5, 5.41) is 8.83. The topological polar surface area (TPSA) is 48.8 Å². The van der Waals surface area contributed by atoms with Crippen molar-refractivity contribution in [1.82, 2.24) is 5.32 Å². The highest BCUT2D eigenvalue weighted by molar-refractivity contribution is 8.29. The summed E-state index contributed by atoms with van der Waals surface area (Å²) < 4.78 is 0. The van der Waals surface area contributed by atoms with Crippen LogP contribution in [0.15, 0.2) is 76.5 Å². The fourth-order valence-corrected chi connectivity index (χ4v) is 2.69. The van der Waals surface area contributed by atoms with Gasteiger partial charge in [-0.15, -0.1) is 0 Å². The lowest BCUT2D eigenvalue weighted by molar-refractivity contribution is 0.808. The highest BCUT2D eigenvalue weighted by Gasteiger charge is 2.16. The summed E-state index contributed by atoms with van der Waals surface area (Å²) in [5.74, 6) is 0. The van der Waals surface area contributed by atoms with Crippen LogP contribution in [0.4, 0.5) is 5.69 Å². The Labute approximate surface area is 150 Å². The Balaban J connectivity index is 1.49. The van der Waals surface area contributed by atoms with Crippen LogP contribution in [0.3, 0.4) is 0 Å². The van der Waals surface area contributed by atoms with E-state index < -0.39 is 0 Å². The minimum atomic E-state index is 0.717. The summed E-state index contributed by atoms with van der Waals surface area (Å²) in [6, 6.07) is 17.8. The van der Waals surface area contributed by atoms with Gasteiger partial charge < -0.3 is 10.6 Å². The zero-order valence-corrected chi connectivity index (χ0v) is 14.7. The molecule has 0 bridgehead atoms. The third kappa shape index (κ3) is 4.88. The third-order valence-corrected chi connectivity index (χ3v) is 4.28. The van der Waals surface area contributed by atoms with Gasteiger partial charge in [0.25, 0.3) is 0 Å². The molecule has 0 unspecified atom stereocenters. The molecule has 3 rings (SSSR count). The molecule has 1 heterocycles. The quantitative estimate of drug-likeness (QED) is 0.804. The van der Waals surface area contributed by atoms with Crippen molar-refractivity contribution >= 4 is 39.4 Å². The van der Waals surface area contributed by atoms with Crippen molar-refractivity contribution in [3.8, 4) is 0 Å². The van der Waals surface area contributed by atoms with E-state index in [2.05, 4.69) is 32.8 Å². The Hall–Kier alpha value is -2.24. The van der Waals surface area contributed by atoms with Gasteiger partial charge in [-0.05, 0) is 48.5 Å². The van der Waals surface area contributed by atoms with E-state index in [0.717, 1.165) is 33.3 Å². The lowest BCUT2D eigenvalue weighted by Crippen LogP contribution is -2.19. The molecule has 0 fully saturated rings. The van der Waals surface area contributed by atoms with Crippen molar-refractivity contribution in [3.05, 3.63) is 77.1 Å². The third-order valence-electron chi connectivity index (χ3n) is 3.26. The molecule has 1 aliphatic rings. The lowest BCUT2D eigenvalue weighted by Gasteiger charge is -2.15. The second-order valence-electron chi connectivity index (χ2n) is 5.21. The van der Waals surface area contributed by atoms with Gasteiger partial charge in [-0.3, -0.25) is 0 Å². The summed E-state index contributed by atoms with van der Waals surface area (Å²) in [6.45, 7) is 2.78. The first-order chi connectivity index (χ1) is 11.7. The van der Waals surface area contributed by atoms with Crippen molar-refractivity contribution in [2.75, 3.05) is 5.32 Å². The molecule has 0 amide bonds. The molecular weight excluding hydrogens is 340 g/mol. The molecule has 2 aromatic carbocycles. The van der Waals surface area contributed by atoms with Crippen LogP contribution in [0.5, 0.6) is 0 Å². The predicted molar refractivity (Wildman–Crippen MR) is 105 cm³/mol. The molecule has 122 valence electrons. The Kier molecular flexibility index (Phi) is 5.56. The van der Waals surface area contributed by atoms with Crippen LogP contribution in [0.2, 0.25) is 5.02 Å². The van der Waals surface area contributed by atoms with Crippen molar-refractivity contribution in [1.29, 1.82) is 0 Å². The standard InChI is InChI=1S/C18H17ClN4S/c1-13(20-12-14-5-3-2-4-6-14)11-21-17-23-18(24-17)22-16-9-7-15(19)8-10-16/h2-11,20H,12H2,1H3,(H,21,22,23)/b13-11+. The first-order valence-corrected chi connectivity index (χ1v) is 8.70. The summed E-state index contributed by atoms with van der Waals surface area (Å²) in [6.07, 6.45) is 1.80. The predicted octanol–water partition coefficient (Wildman–Crippen LogP) is 4.86. The van der Waals surface area contributed by atoms with Gasteiger partial charge in [-0.25, -0.2) is 4.99 Å². The lowest BCUT2D eigenvalue weighted by atomic mass is 10.2. The van der Waals surface area contributed by atoms with E-state index in [1.807, 2.05) is 49.4 Å². The largest absolute Gasteiger partial charge is 0.383 e. The van der Waals surface area contributed by atoms with Crippen LogP contribution in [0, 0.1) is 0 Å². The van der Waals surface area contributed by atoms with Crippen LogP contribution in [-0.4, -0.2) is 10.3 Å². The number of nitrogens with zero attached hydrogens (tertiary/aromatic N) is 2. The van der Waals surface area contributed by atoms with E-state index in [1.165, 1.54) is 17.3 Å². The van der Waals surface area contributed by atoms with Gasteiger partial charge in [0, 0.05) is 29.2 Å². The number of halogens is 1. The molecule has 0 radical (unpaired) electrons. The summed E-state index contributed by atoms with van der Waals surface area (Å²) in [5.41, 5.74) is 3.20. The monoisotopic (exact) mass is 356 g/mol. The number of hydrogen-bond acceptors (Lipinski definition) is 4. The molecule has 24 heavy (non-hydrogen) atoms. The van der Waals surface area contributed by atoms with E-state index in [0.29, 0.717) is 0 Å². The highest BCUT2D eigenvalue weighted by atomic mass is 35.5. The number of aliphatic imine (C=N–C) groups is 2. The number of amidine groups is 2. The van der Waals surface area contributed by atoms with E-state index in [9.17, 15) is 0 Å². The maximum Gasteiger partial charge on any atom is 0.197 e. The van der Waals surface area contributed by atoms with Crippen LogP contribution >= 0.6 is 23.4 Å². The number of benzene rings is 2. The second-order valence-corrected chi connectivity index (χ2v) is 6.61. The minimum absolute atomic E-state index is 0.717. The molecule has 4 nitrogen and oxygen atoms in total. The Bertz CT molecular complexity index is 782. The Morgan fingerprint density at radius 3 is 2.58 bits per heavy atom. The molecule has 0 spiro atoms. The average Bonchev–Trinajstić information content (AvgIpc) is 2.57. The molecule has 0 atom stereocenters.